The molecular weight excluding hydrogens is 224 g/mol. The van der Waals surface area contributed by atoms with E-state index in [-0.39, 0.29) is 0 Å². The van der Waals surface area contributed by atoms with Crippen molar-refractivity contribution in [1.29, 1.82) is 0 Å². The van der Waals surface area contributed by atoms with E-state index in [1.165, 1.54) is 51.9 Å². The summed E-state index contributed by atoms with van der Waals surface area (Å²) in [4.78, 5) is 5.31. The van der Waals surface area contributed by atoms with Crippen molar-refractivity contribution < 1.29 is 4.74 Å². The van der Waals surface area contributed by atoms with Crippen LogP contribution < -0.4 is 0 Å². The molecule has 18 heavy (non-hydrogen) atoms. The fourth-order valence-corrected chi connectivity index (χ4v) is 3.11. The number of piperidine rings is 1. The van der Waals surface area contributed by atoms with Crippen LogP contribution >= 0.6 is 0 Å². The summed E-state index contributed by atoms with van der Waals surface area (Å²) in [5.41, 5.74) is 0. The Hall–Kier alpha value is -0.380. The van der Waals surface area contributed by atoms with E-state index in [0.29, 0.717) is 0 Å². The van der Waals surface area contributed by atoms with Crippen molar-refractivity contribution in [2.75, 3.05) is 45.9 Å². The van der Waals surface area contributed by atoms with Crippen LogP contribution in [-0.2, 0) is 4.74 Å². The fraction of sp³-hybridized carbons (Fsp3) is 0.867. The number of fused-ring (bicyclic) bond motifs is 1. The van der Waals surface area contributed by atoms with Crippen molar-refractivity contribution in [2.45, 2.75) is 38.1 Å². The molecule has 2 aliphatic heterocycles. The zero-order chi connectivity index (χ0) is 12.6. The molecule has 0 radical (unpaired) electrons. The molecule has 2 rings (SSSR count). The van der Waals surface area contributed by atoms with Crippen LogP contribution in [0, 0.1) is 0 Å². The highest BCUT2D eigenvalue weighted by atomic mass is 16.5. The van der Waals surface area contributed by atoms with Gasteiger partial charge < -0.3 is 4.74 Å². The van der Waals surface area contributed by atoms with Crippen molar-refractivity contribution in [1.82, 2.24) is 9.80 Å². The molecule has 0 aromatic heterocycles. The molecule has 0 N–H and O–H groups in total. The Kier molecular flexibility index (Phi) is 6.18. The van der Waals surface area contributed by atoms with Gasteiger partial charge >= 0.3 is 0 Å². The molecule has 0 spiro atoms. The molecule has 2 fully saturated rings. The lowest BCUT2D eigenvalue weighted by atomic mass is 10.0. The van der Waals surface area contributed by atoms with Crippen LogP contribution in [-0.4, -0.2) is 61.8 Å². The number of ether oxygens (including phenoxy) is 1. The summed E-state index contributed by atoms with van der Waals surface area (Å²) in [6.45, 7) is 11.6. The Bertz CT molecular complexity index is 245. The second-order valence-corrected chi connectivity index (χ2v) is 5.53. The maximum atomic E-state index is 5.63. The van der Waals surface area contributed by atoms with Gasteiger partial charge in [0.2, 0.25) is 0 Å². The Balaban J connectivity index is 1.67. The number of rotatable bonds is 6. The second-order valence-electron chi connectivity index (χ2n) is 5.53. The molecule has 0 amide bonds. The lowest BCUT2D eigenvalue weighted by Gasteiger charge is -2.35. The van der Waals surface area contributed by atoms with Gasteiger partial charge in [-0.2, -0.15) is 0 Å². The van der Waals surface area contributed by atoms with E-state index in [2.05, 4.69) is 16.4 Å². The lowest BCUT2D eigenvalue weighted by molar-refractivity contribution is 0.0933. The summed E-state index contributed by atoms with van der Waals surface area (Å²) < 4.78 is 5.63. The summed E-state index contributed by atoms with van der Waals surface area (Å²) in [7, 11) is 0. The highest BCUT2D eigenvalue weighted by Crippen LogP contribution is 2.20. The zero-order valence-electron chi connectivity index (χ0n) is 11.6. The highest BCUT2D eigenvalue weighted by molar-refractivity contribution is 4.83. The SMILES string of the molecule is C=CCCOCCN1CCCN2CCCCC2C1. The van der Waals surface area contributed by atoms with Gasteiger partial charge in [-0.25, -0.2) is 0 Å². The normalized spacial score (nSPS) is 26.6. The summed E-state index contributed by atoms with van der Waals surface area (Å²) >= 11 is 0. The smallest absolute Gasteiger partial charge is 0.0593 e. The third-order valence-electron chi connectivity index (χ3n) is 4.16. The van der Waals surface area contributed by atoms with Gasteiger partial charge in [-0.05, 0) is 45.3 Å². The monoisotopic (exact) mass is 252 g/mol. The summed E-state index contributed by atoms with van der Waals surface area (Å²) in [6, 6.07) is 0.814. The quantitative estimate of drug-likeness (QED) is 0.532. The highest BCUT2D eigenvalue weighted by Gasteiger charge is 2.26. The van der Waals surface area contributed by atoms with Gasteiger partial charge in [-0.1, -0.05) is 12.5 Å². The van der Waals surface area contributed by atoms with Gasteiger partial charge in [-0.15, -0.1) is 6.58 Å². The molecule has 2 aliphatic rings. The van der Waals surface area contributed by atoms with E-state index in [9.17, 15) is 0 Å². The zero-order valence-corrected chi connectivity index (χ0v) is 11.6. The molecule has 0 aromatic rings. The summed E-state index contributed by atoms with van der Waals surface area (Å²) in [6.07, 6.45) is 8.44. The molecule has 1 atom stereocenters. The molecule has 3 heteroatoms. The lowest BCUT2D eigenvalue weighted by Crippen LogP contribution is -2.44. The average Bonchev–Trinajstić information content (AvgIpc) is 2.60. The van der Waals surface area contributed by atoms with Crippen LogP contribution in [0.25, 0.3) is 0 Å². The van der Waals surface area contributed by atoms with Crippen molar-refractivity contribution in [3.63, 3.8) is 0 Å². The minimum atomic E-state index is 0.814. The van der Waals surface area contributed by atoms with E-state index in [1.807, 2.05) is 6.08 Å². The van der Waals surface area contributed by atoms with Crippen LogP contribution in [0.2, 0.25) is 0 Å². The third-order valence-corrected chi connectivity index (χ3v) is 4.16. The first-order valence-electron chi connectivity index (χ1n) is 7.55. The van der Waals surface area contributed by atoms with Crippen LogP contribution in [0.5, 0.6) is 0 Å². The second kappa shape index (κ2) is 7.93. The number of hydrogen-bond acceptors (Lipinski definition) is 3. The van der Waals surface area contributed by atoms with Crippen molar-refractivity contribution >= 4 is 0 Å². The Morgan fingerprint density at radius 2 is 2.00 bits per heavy atom. The van der Waals surface area contributed by atoms with Crippen molar-refractivity contribution in [3.05, 3.63) is 12.7 Å². The Morgan fingerprint density at radius 1 is 1.11 bits per heavy atom. The van der Waals surface area contributed by atoms with Gasteiger partial charge in [0, 0.05) is 19.1 Å². The molecule has 2 saturated heterocycles. The Morgan fingerprint density at radius 3 is 2.89 bits per heavy atom. The minimum Gasteiger partial charge on any atom is -0.380 e. The van der Waals surface area contributed by atoms with Crippen molar-refractivity contribution in [2.24, 2.45) is 0 Å². The number of hydrogen-bond donors (Lipinski definition) is 0. The third kappa shape index (κ3) is 4.38. The Labute approximate surface area is 112 Å². The van der Waals surface area contributed by atoms with Gasteiger partial charge in [0.05, 0.1) is 13.2 Å². The molecule has 1 unspecified atom stereocenters. The molecule has 0 saturated carbocycles. The molecule has 3 nitrogen and oxygen atoms in total. The van der Waals surface area contributed by atoms with E-state index in [1.54, 1.807) is 0 Å². The minimum absolute atomic E-state index is 0.814. The van der Waals surface area contributed by atoms with Gasteiger partial charge in [-0.3, -0.25) is 9.80 Å². The molecule has 2 heterocycles. The predicted octanol–water partition coefficient (Wildman–Crippen LogP) is 2.14. The number of nitrogens with zero attached hydrogens (tertiary/aromatic N) is 2. The average molecular weight is 252 g/mol. The van der Waals surface area contributed by atoms with E-state index in [4.69, 9.17) is 4.74 Å². The van der Waals surface area contributed by atoms with Crippen molar-refractivity contribution in [3.8, 4) is 0 Å². The predicted molar refractivity (Wildman–Crippen MR) is 75.9 cm³/mol. The molecule has 0 aliphatic carbocycles. The maximum absolute atomic E-state index is 5.63. The van der Waals surface area contributed by atoms with Crippen LogP contribution in [0.15, 0.2) is 12.7 Å². The van der Waals surface area contributed by atoms with Gasteiger partial charge in [0.15, 0.2) is 0 Å². The van der Waals surface area contributed by atoms with Crippen LogP contribution in [0.3, 0.4) is 0 Å². The molecule has 0 aromatic carbocycles. The van der Waals surface area contributed by atoms with Gasteiger partial charge in [0.25, 0.3) is 0 Å². The van der Waals surface area contributed by atoms with E-state index < -0.39 is 0 Å². The first kappa shape index (κ1) is 14.0. The standard InChI is InChI=1S/C15H28N2O/c1-2-3-12-18-13-11-16-8-6-10-17-9-5-4-7-15(17)14-16/h2,15H,1,3-14H2. The first-order chi connectivity index (χ1) is 8.90. The molecule has 104 valence electrons. The molecular formula is C15H28N2O. The first-order valence-corrected chi connectivity index (χ1v) is 7.55. The summed E-state index contributed by atoms with van der Waals surface area (Å²) in [5.74, 6) is 0. The molecule has 0 bridgehead atoms. The van der Waals surface area contributed by atoms with E-state index >= 15 is 0 Å². The largest absolute Gasteiger partial charge is 0.380 e. The topological polar surface area (TPSA) is 15.7 Å². The summed E-state index contributed by atoms with van der Waals surface area (Å²) in [5, 5.41) is 0. The van der Waals surface area contributed by atoms with Crippen LogP contribution in [0.4, 0.5) is 0 Å². The fourth-order valence-electron chi connectivity index (χ4n) is 3.11. The van der Waals surface area contributed by atoms with Crippen LogP contribution in [0.1, 0.15) is 32.1 Å². The maximum Gasteiger partial charge on any atom is 0.0593 e. The van der Waals surface area contributed by atoms with Gasteiger partial charge in [0.1, 0.15) is 0 Å². The van der Waals surface area contributed by atoms with E-state index in [0.717, 1.165) is 32.2 Å².